The van der Waals surface area contributed by atoms with Crippen molar-refractivity contribution in [3.8, 4) is 11.3 Å². The molecule has 3 aromatic heterocycles. The molecule has 0 unspecified atom stereocenters. The highest BCUT2D eigenvalue weighted by Crippen LogP contribution is 2.30. The van der Waals surface area contributed by atoms with E-state index in [1.165, 1.54) is 0 Å². The molecule has 1 aromatic carbocycles. The summed E-state index contributed by atoms with van der Waals surface area (Å²) in [5.74, 6) is 0. The van der Waals surface area contributed by atoms with Crippen molar-refractivity contribution in [2.24, 2.45) is 0 Å². The van der Waals surface area contributed by atoms with E-state index in [-0.39, 0.29) is 0 Å². The molecule has 4 nitrogen and oxygen atoms in total. The predicted molar refractivity (Wildman–Crippen MR) is 98.6 cm³/mol. The summed E-state index contributed by atoms with van der Waals surface area (Å²) in [6.07, 6.45) is 4.33. The number of halogens is 1. The first-order valence-electron chi connectivity index (χ1n) is 7.75. The van der Waals surface area contributed by atoms with Crippen molar-refractivity contribution in [2.45, 2.75) is 19.9 Å². The van der Waals surface area contributed by atoms with Crippen molar-refractivity contribution >= 4 is 33.8 Å². The van der Waals surface area contributed by atoms with E-state index in [0.717, 1.165) is 45.8 Å². The molecule has 0 aliphatic carbocycles. The molecule has 120 valence electrons. The highest BCUT2D eigenvalue weighted by Gasteiger charge is 2.14. The van der Waals surface area contributed by atoms with Crippen LogP contribution in [0.1, 0.15) is 17.6 Å². The molecule has 6 heteroatoms. The van der Waals surface area contributed by atoms with Crippen LogP contribution < -0.4 is 0 Å². The molecule has 0 amide bonds. The minimum absolute atomic E-state index is 0.654. The lowest BCUT2D eigenvalue weighted by atomic mass is 10.1. The second-order valence-corrected chi connectivity index (χ2v) is 6.82. The molecule has 0 radical (unpaired) electrons. The number of thiazole rings is 1. The van der Waals surface area contributed by atoms with Gasteiger partial charge >= 0.3 is 0 Å². The number of benzene rings is 1. The van der Waals surface area contributed by atoms with Crippen LogP contribution >= 0.6 is 22.9 Å². The van der Waals surface area contributed by atoms with Gasteiger partial charge < -0.3 is 0 Å². The van der Waals surface area contributed by atoms with Crippen molar-refractivity contribution < 1.29 is 0 Å². The summed E-state index contributed by atoms with van der Waals surface area (Å²) in [6, 6.07) is 9.98. The van der Waals surface area contributed by atoms with E-state index in [0.29, 0.717) is 5.02 Å². The lowest BCUT2D eigenvalue weighted by molar-refractivity contribution is 0.671. The Morgan fingerprint density at radius 2 is 2.08 bits per heavy atom. The fourth-order valence-corrected chi connectivity index (χ4v) is 3.70. The van der Waals surface area contributed by atoms with Crippen molar-refractivity contribution in [3.05, 3.63) is 63.8 Å². The highest BCUT2D eigenvalue weighted by molar-refractivity contribution is 7.09. The zero-order valence-corrected chi connectivity index (χ0v) is 14.7. The van der Waals surface area contributed by atoms with Crippen LogP contribution in [-0.2, 0) is 13.0 Å². The molecule has 0 aliphatic rings. The van der Waals surface area contributed by atoms with Gasteiger partial charge in [-0.1, -0.05) is 17.7 Å². The summed E-state index contributed by atoms with van der Waals surface area (Å²) in [5.41, 5.74) is 3.96. The fraction of sp³-hybridized carbons (Fsp3) is 0.167. The third-order valence-electron chi connectivity index (χ3n) is 3.96. The molecule has 0 aliphatic heterocycles. The summed E-state index contributed by atoms with van der Waals surface area (Å²) in [5, 5.41) is 9.62. The van der Waals surface area contributed by atoms with E-state index in [9.17, 15) is 0 Å². The first-order chi connectivity index (χ1) is 11.8. The minimum Gasteiger partial charge on any atom is -0.265 e. The number of pyridine rings is 1. The molecule has 0 bridgehead atoms. The molecule has 0 saturated carbocycles. The molecule has 4 aromatic rings. The Hall–Kier alpha value is -2.24. The highest BCUT2D eigenvalue weighted by atomic mass is 35.5. The van der Waals surface area contributed by atoms with Crippen LogP contribution in [0.3, 0.4) is 0 Å². The van der Waals surface area contributed by atoms with Gasteiger partial charge in [-0.15, -0.1) is 11.3 Å². The van der Waals surface area contributed by atoms with Gasteiger partial charge in [0.15, 0.2) is 0 Å². The molecule has 0 atom stereocenters. The molecule has 24 heavy (non-hydrogen) atoms. The molecular formula is C18H15ClN4S. The minimum atomic E-state index is 0.654. The Bertz CT molecular complexity index is 992. The van der Waals surface area contributed by atoms with Crippen LogP contribution in [0.2, 0.25) is 5.02 Å². The maximum absolute atomic E-state index is 6.31. The first-order valence-corrected chi connectivity index (χ1v) is 9.00. The largest absolute Gasteiger partial charge is 0.265 e. The van der Waals surface area contributed by atoms with E-state index in [2.05, 4.69) is 35.1 Å². The number of aryl methyl sites for hydroxylation is 1. The van der Waals surface area contributed by atoms with Gasteiger partial charge in [0.05, 0.1) is 26.9 Å². The average Bonchev–Trinajstić information content (AvgIpc) is 3.23. The van der Waals surface area contributed by atoms with Gasteiger partial charge in [-0.3, -0.25) is 9.67 Å². The van der Waals surface area contributed by atoms with Gasteiger partial charge in [0.25, 0.3) is 0 Å². The van der Waals surface area contributed by atoms with Crippen LogP contribution in [0.15, 0.2) is 48.1 Å². The lowest BCUT2D eigenvalue weighted by Crippen LogP contribution is -1.97. The fourth-order valence-electron chi connectivity index (χ4n) is 2.85. The second-order valence-electron chi connectivity index (χ2n) is 5.43. The Labute approximate surface area is 148 Å². The number of nitrogens with zero attached hydrogens (tertiary/aromatic N) is 4. The summed E-state index contributed by atoms with van der Waals surface area (Å²) in [7, 11) is 0. The number of hydrogen-bond acceptors (Lipinski definition) is 4. The maximum atomic E-state index is 6.31. The monoisotopic (exact) mass is 354 g/mol. The SMILES string of the molecule is CCn1nc(Cc2nccs2)c2cc(-c3ncccc3Cl)ccc21. The van der Waals surface area contributed by atoms with Crippen LogP contribution in [0.25, 0.3) is 22.2 Å². The van der Waals surface area contributed by atoms with Gasteiger partial charge in [0, 0.05) is 41.7 Å². The quantitative estimate of drug-likeness (QED) is 0.527. The summed E-state index contributed by atoms with van der Waals surface area (Å²) >= 11 is 7.96. The first kappa shape index (κ1) is 15.3. The predicted octanol–water partition coefficient (Wildman–Crippen LogP) is 4.82. The second kappa shape index (κ2) is 6.34. The van der Waals surface area contributed by atoms with Gasteiger partial charge in [-0.25, -0.2) is 4.98 Å². The van der Waals surface area contributed by atoms with Crippen molar-refractivity contribution in [3.63, 3.8) is 0 Å². The Kier molecular flexibility index (Phi) is 4.04. The van der Waals surface area contributed by atoms with Crippen LogP contribution in [0.5, 0.6) is 0 Å². The third-order valence-corrected chi connectivity index (χ3v) is 5.05. The van der Waals surface area contributed by atoms with Crippen LogP contribution in [-0.4, -0.2) is 19.7 Å². The lowest BCUT2D eigenvalue weighted by Gasteiger charge is -2.04. The van der Waals surface area contributed by atoms with Gasteiger partial charge in [-0.2, -0.15) is 5.10 Å². The zero-order valence-electron chi connectivity index (χ0n) is 13.1. The molecule has 0 fully saturated rings. The Morgan fingerprint density at radius 1 is 1.17 bits per heavy atom. The van der Waals surface area contributed by atoms with Crippen LogP contribution in [0, 0.1) is 0 Å². The normalized spacial score (nSPS) is 11.2. The molecule has 0 N–H and O–H groups in total. The smallest absolute Gasteiger partial charge is 0.0985 e. The number of hydrogen-bond donors (Lipinski definition) is 0. The van der Waals surface area contributed by atoms with Crippen molar-refractivity contribution in [2.75, 3.05) is 0 Å². The maximum Gasteiger partial charge on any atom is 0.0985 e. The Balaban J connectivity index is 1.87. The van der Waals surface area contributed by atoms with Crippen LogP contribution in [0.4, 0.5) is 0 Å². The molecule has 3 heterocycles. The topological polar surface area (TPSA) is 43.6 Å². The van der Waals surface area contributed by atoms with Gasteiger partial charge in [0.2, 0.25) is 0 Å². The van der Waals surface area contributed by atoms with Crippen molar-refractivity contribution in [1.82, 2.24) is 19.7 Å². The van der Waals surface area contributed by atoms with Gasteiger partial charge in [0.1, 0.15) is 0 Å². The molecular weight excluding hydrogens is 340 g/mol. The molecule has 0 saturated heterocycles. The number of rotatable bonds is 4. The van der Waals surface area contributed by atoms with Gasteiger partial charge in [-0.05, 0) is 31.2 Å². The molecule has 0 spiro atoms. The summed E-state index contributed by atoms with van der Waals surface area (Å²) in [6.45, 7) is 2.93. The average molecular weight is 355 g/mol. The number of aromatic nitrogens is 4. The summed E-state index contributed by atoms with van der Waals surface area (Å²) in [4.78, 5) is 8.80. The summed E-state index contributed by atoms with van der Waals surface area (Å²) < 4.78 is 2.03. The van der Waals surface area contributed by atoms with E-state index in [4.69, 9.17) is 16.7 Å². The zero-order chi connectivity index (χ0) is 16.5. The van der Waals surface area contributed by atoms with E-state index >= 15 is 0 Å². The third kappa shape index (κ3) is 2.70. The standard InChI is InChI=1S/C18H15ClN4S/c1-2-23-16-6-5-12(18-14(19)4-3-7-21-18)10-13(16)15(22-23)11-17-20-8-9-24-17/h3-10H,2,11H2,1H3. The van der Waals surface area contributed by atoms with E-state index < -0.39 is 0 Å². The molecule has 4 rings (SSSR count). The van der Waals surface area contributed by atoms with Crippen molar-refractivity contribution in [1.29, 1.82) is 0 Å². The van der Waals surface area contributed by atoms with E-state index in [1.54, 1.807) is 17.5 Å². The van der Waals surface area contributed by atoms with E-state index in [1.807, 2.05) is 28.4 Å². The Morgan fingerprint density at radius 3 is 2.83 bits per heavy atom. The number of fused-ring (bicyclic) bond motifs is 1.